The van der Waals surface area contributed by atoms with Gasteiger partial charge in [-0.25, -0.2) is 0 Å². The smallest absolute Gasteiger partial charge is 0.121 e. The molecule has 12 heteroatoms. The molecule has 3 N–H and O–H groups in total. The fraction of sp³-hybridized carbons (Fsp3) is 0.705. The summed E-state index contributed by atoms with van der Waals surface area (Å²) in [6.07, 6.45) is 20.8. The molecule has 3 aromatic rings. The Hall–Kier alpha value is -3.30. The molecule has 0 aromatic heterocycles. The second-order valence-electron chi connectivity index (χ2n) is 21.8. The summed E-state index contributed by atoms with van der Waals surface area (Å²) in [7, 11) is 5.14. The topological polar surface area (TPSA) is 126 Å². The van der Waals surface area contributed by atoms with E-state index in [1.165, 1.54) is 91.2 Å². The number of methoxy groups -OCH3 is 3. The molecular weight excluding hydrogens is 919 g/mol. The summed E-state index contributed by atoms with van der Waals surface area (Å²) in [5, 5.41) is 29.5. The van der Waals surface area contributed by atoms with Crippen LogP contribution in [0.2, 0.25) is 0 Å². The van der Waals surface area contributed by atoms with Crippen LogP contribution in [-0.2, 0) is 33.5 Å². The van der Waals surface area contributed by atoms with Gasteiger partial charge in [-0.1, -0.05) is 82.3 Å². The van der Waals surface area contributed by atoms with Gasteiger partial charge in [0.25, 0.3) is 0 Å². The molecule has 3 saturated heterocycles. The third-order valence-electron chi connectivity index (χ3n) is 16.5. The van der Waals surface area contributed by atoms with Crippen molar-refractivity contribution in [2.45, 2.75) is 199 Å². The molecule has 9 atom stereocenters. The summed E-state index contributed by atoms with van der Waals surface area (Å²) in [4.78, 5) is 7.35. The van der Waals surface area contributed by atoms with Crippen LogP contribution in [0.4, 0.5) is 0 Å². The van der Waals surface area contributed by atoms with Gasteiger partial charge in [0.1, 0.15) is 17.2 Å². The first-order chi connectivity index (χ1) is 35.0. The largest absolute Gasteiger partial charge is 0.496 e. The molecular formula is C61H97N3O9. The van der Waals surface area contributed by atoms with Crippen molar-refractivity contribution in [1.29, 1.82) is 0 Å². The summed E-state index contributed by atoms with van der Waals surface area (Å²) >= 11 is 0. The van der Waals surface area contributed by atoms with E-state index in [1.54, 1.807) is 21.3 Å². The minimum absolute atomic E-state index is 0. The Morgan fingerprint density at radius 2 is 0.685 bits per heavy atom. The first-order valence-electron chi connectivity index (χ1n) is 28.0. The lowest BCUT2D eigenvalue weighted by Crippen LogP contribution is -2.46. The van der Waals surface area contributed by atoms with Gasteiger partial charge in [0.15, 0.2) is 0 Å². The molecule has 6 fully saturated rings. The predicted octanol–water partition coefficient (Wildman–Crippen LogP) is 9.46. The monoisotopic (exact) mass is 1020 g/mol. The van der Waals surface area contributed by atoms with Crippen LogP contribution in [0, 0.1) is 20.8 Å². The number of rotatable bonds is 18. The average Bonchev–Trinajstić information content (AvgIpc) is 4.16. The van der Waals surface area contributed by atoms with Gasteiger partial charge in [0, 0.05) is 57.4 Å². The Kier molecular flexibility index (Phi) is 24.6. The maximum absolute atomic E-state index is 9.82. The van der Waals surface area contributed by atoms with Gasteiger partial charge in [-0.3, -0.25) is 14.7 Å². The van der Waals surface area contributed by atoms with E-state index in [2.05, 4.69) is 71.9 Å². The van der Waals surface area contributed by atoms with Crippen molar-refractivity contribution in [3.63, 3.8) is 0 Å². The number of likely N-dealkylation sites (tertiary alicyclic amines) is 3. The second kappa shape index (κ2) is 30.4. The number of hydrogen-bond acceptors (Lipinski definition) is 12. The zero-order chi connectivity index (χ0) is 50.8. The number of ether oxygens (including phenoxy) is 6. The second-order valence-corrected chi connectivity index (χ2v) is 21.8. The molecule has 0 spiro atoms. The molecule has 0 radical (unpaired) electrons. The van der Waals surface area contributed by atoms with Crippen LogP contribution in [-0.4, -0.2) is 165 Å². The number of β-amino-alcohol motifs (C(OH)–C–C–N with tert-alkyl or cyclic N) is 3. The first-order valence-corrected chi connectivity index (χ1v) is 28.0. The standard InChI is InChI=1S/3C20H31NO3.CH4/c3*1-15-13-16(7-8-19(15)23-2)10-12-24-20-6-4-3-5-18(20)21-11-9-17(22)14-21;/h3*7-8,13,17-18,20,22H,3-6,9-12,14H2,1-2H3;1H4/t2*17-,18+,20-;17-,18-,20+;/m100./s1. The minimum Gasteiger partial charge on any atom is -0.496 e. The zero-order valence-electron chi connectivity index (χ0n) is 45.1. The summed E-state index contributed by atoms with van der Waals surface area (Å²) in [5.41, 5.74) is 7.44. The molecule has 3 aliphatic heterocycles. The van der Waals surface area contributed by atoms with Crippen molar-refractivity contribution in [3.05, 3.63) is 88.0 Å². The summed E-state index contributed by atoms with van der Waals surface area (Å²) in [5.74, 6) is 2.83. The van der Waals surface area contributed by atoms with Crippen molar-refractivity contribution in [2.75, 3.05) is 80.4 Å². The molecule has 12 nitrogen and oxygen atoms in total. The number of benzene rings is 3. The quantitative estimate of drug-likeness (QED) is 0.112. The van der Waals surface area contributed by atoms with Gasteiger partial charge in [-0.2, -0.15) is 0 Å². The highest BCUT2D eigenvalue weighted by atomic mass is 16.5. The summed E-state index contributed by atoms with van der Waals surface area (Å²) in [6.45, 7) is 14.1. The molecule has 73 heavy (non-hydrogen) atoms. The lowest BCUT2D eigenvalue weighted by Gasteiger charge is -2.37. The highest BCUT2D eigenvalue weighted by Crippen LogP contribution is 2.32. The molecule has 0 amide bonds. The normalized spacial score (nSPS) is 27.8. The third-order valence-corrected chi connectivity index (χ3v) is 16.5. The van der Waals surface area contributed by atoms with Crippen molar-refractivity contribution in [3.8, 4) is 17.2 Å². The fourth-order valence-electron chi connectivity index (χ4n) is 12.5. The average molecular weight is 1020 g/mol. The maximum atomic E-state index is 9.82. The SMILES string of the molecule is C.COc1ccc(CCO[C@@H]2CCCC[C@@H]2N2CC[C@@H](O)C2)cc1C.COc1ccc(CCO[C@@H]2CCCC[C@@H]2N2CC[C@H](O)C2)cc1C.COc1ccc(CCO[C@H]2CCCC[C@H]2N2CC[C@H](O)C2)cc1C. The lowest BCUT2D eigenvalue weighted by atomic mass is 9.91. The van der Waals surface area contributed by atoms with Gasteiger partial charge in [0.2, 0.25) is 0 Å². The first kappa shape index (κ1) is 59.0. The maximum Gasteiger partial charge on any atom is 0.121 e. The number of nitrogens with zero attached hydrogens (tertiary/aromatic N) is 3. The van der Waals surface area contributed by atoms with E-state index in [-0.39, 0.29) is 25.7 Å². The molecule has 3 aliphatic carbocycles. The number of aryl methyl sites for hydroxylation is 3. The summed E-state index contributed by atoms with van der Waals surface area (Å²) in [6, 6.07) is 20.6. The minimum atomic E-state index is -0.144. The fourth-order valence-corrected chi connectivity index (χ4v) is 12.5. The van der Waals surface area contributed by atoms with Gasteiger partial charge in [0.05, 0.1) is 77.8 Å². The van der Waals surface area contributed by atoms with Crippen molar-refractivity contribution in [1.82, 2.24) is 14.7 Å². The van der Waals surface area contributed by atoms with E-state index in [4.69, 9.17) is 28.4 Å². The molecule has 3 saturated carbocycles. The highest BCUT2D eigenvalue weighted by molar-refractivity contribution is 5.38. The Morgan fingerprint density at radius 1 is 0.411 bits per heavy atom. The third kappa shape index (κ3) is 17.6. The van der Waals surface area contributed by atoms with E-state index in [0.29, 0.717) is 36.4 Å². The van der Waals surface area contributed by atoms with Gasteiger partial charge >= 0.3 is 0 Å². The number of aliphatic hydroxyl groups is 3. The molecule has 3 aromatic carbocycles. The van der Waals surface area contributed by atoms with Crippen LogP contribution in [0.1, 0.15) is 137 Å². The van der Waals surface area contributed by atoms with E-state index in [9.17, 15) is 15.3 Å². The van der Waals surface area contributed by atoms with Crippen molar-refractivity contribution in [2.24, 2.45) is 0 Å². The molecule has 0 bridgehead atoms. The lowest BCUT2D eigenvalue weighted by molar-refractivity contribution is -0.0317. The molecule has 3 heterocycles. The van der Waals surface area contributed by atoms with E-state index < -0.39 is 0 Å². The molecule has 6 aliphatic rings. The van der Waals surface area contributed by atoms with E-state index >= 15 is 0 Å². The molecule has 0 unspecified atom stereocenters. The Balaban J connectivity index is 0.000000177. The van der Waals surface area contributed by atoms with Crippen LogP contribution in [0.25, 0.3) is 0 Å². The predicted molar refractivity (Wildman–Crippen MR) is 294 cm³/mol. The highest BCUT2D eigenvalue weighted by Gasteiger charge is 2.37. The Bertz CT molecular complexity index is 1830. The Morgan fingerprint density at radius 3 is 0.918 bits per heavy atom. The summed E-state index contributed by atoms with van der Waals surface area (Å²) < 4.78 is 34.8. The van der Waals surface area contributed by atoms with Gasteiger partial charge < -0.3 is 43.7 Å². The number of hydrogen-bond donors (Lipinski definition) is 3. The van der Waals surface area contributed by atoms with Crippen LogP contribution < -0.4 is 14.2 Å². The van der Waals surface area contributed by atoms with Gasteiger partial charge in [-0.15, -0.1) is 0 Å². The van der Waals surface area contributed by atoms with Crippen LogP contribution in [0.5, 0.6) is 17.2 Å². The van der Waals surface area contributed by atoms with Crippen molar-refractivity contribution < 1.29 is 43.7 Å². The van der Waals surface area contributed by atoms with Crippen LogP contribution in [0.15, 0.2) is 54.6 Å². The van der Waals surface area contributed by atoms with E-state index in [0.717, 1.165) is 134 Å². The number of aliphatic hydroxyl groups excluding tert-OH is 3. The van der Waals surface area contributed by atoms with Crippen LogP contribution in [0.3, 0.4) is 0 Å². The molecule has 9 rings (SSSR count). The molecule has 410 valence electrons. The van der Waals surface area contributed by atoms with E-state index in [1.807, 2.05) is 18.2 Å². The zero-order valence-corrected chi connectivity index (χ0v) is 45.1. The van der Waals surface area contributed by atoms with Crippen LogP contribution >= 0.6 is 0 Å². The van der Waals surface area contributed by atoms with Gasteiger partial charge in [-0.05, 0) is 149 Å². The Labute approximate surface area is 441 Å². The van der Waals surface area contributed by atoms with Crippen molar-refractivity contribution >= 4 is 0 Å².